The summed E-state index contributed by atoms with van der Waals surface area (Å²) in [6.45, 7) is 10.2. The molecule has 0 aliphatic carbocycles. The number of benzene rings is 1. The van der Waals surface area contributed by atoms with Crippen LogP contribution in [0, 0.1) is 5.82 Å². The second-order valence-electron chi connectivity index (χ2n) is 6.26. The summed E-state index contributed by atoms with van der Waals surface area (Å²) in [6.07, 6.45) is 0.562. The van der Waals surface area contributed by atoms with Crippen LogP contribution in [0.25, 0.3) is 0 Å². The average molecular weight is 306 g/mol. The first kappa shape index (κ1) is 16.1. The third kappa shape index (κ3) is 4.35. The average Bonchev–Trinajstić information content (AvgIpc) is 2.88. The summed E-state index contributed by atoms with van der Waals surface area (Å²) in [4.78, 5) is 4.65. The quantitative estimate of drug-likeness (QED) is 0.892. The van der Waals surface area contributed by atoms with Crippen LogP contribution in [0.15, 0.2) is 23.6 Å². The van der Waals surface area contributed by atoms with Crippen LogP contribution in [0.4, 0.5) is 4.39 Å². The maximum atomic E-state index is 14.0. The number of rotatable bonds is 5. The molecule has 21 heavy (non-hydrogen) atoms. The molecule has 0 radical (unpaired) electrons. The molecule has 0 atom stereocenters. The number of hydrogen-bond donors (Lipinski definition) is 1. The fourth-order valence-electron chi connectivity index (χ4n) is 2.04. The van der Waals surface area contributed by atoms with Crippen molar-refractivity contribution >= 4 is 11.3 Å². The molecule has 0 unspecified atom stereocenters. The zero-order valence-electron chi connectivity index (χ0n) is 13.2. The summed E-state index contributed by atoms with van der Waals surface area (Å²) in [6, 6.07) is 5.33. The first-order valence-electron chi connectivity index (χ1n) is 7.33. The Bertz CT molecular complexity index is 599. The lowest BCUT2D eigenvalue weighted by atomic mass is 9.93. The molecule has 2 rings (SSSR count). The molecule has 4 heteroatoms. The van der Waals surface area contributed by atoms with E-state index < -0.39 is 0 Å². The molecule has 0 aliphatic rings. The van der Waals surface area contributed by atoms with E-state index >= 15 is 0 Å². The second-order valence-corrected chi connectivity index (χ2v) is 7.20. The summed E-state index contributed by atoms with van der Waals surface area (Å²) in [5, 5.41) is 6.31. The SMILES string of the molecule is CCNCc1ccc(F)c(Cc2nc(C(C)(C)C)cs2)c1. The minimum absolute atomic E-state index is 0.0419. The molecule has 2 nitrogen and oxygen atoms in total. The van der Waals surface area contributed by atoms with Crippen LogP contribution in [0.3, 0.4) is 0 Å². The van der Waals surface area contributed by atoms with Gasteiger partial charge in [-0.15, -0.1) is 11.3 Å². The van der Waals surface area contributed by atoms with E-state index in [0.29, 0.717) is 6.42 Å². The fraction of sp³-hybridized carbons (Fsp3) is 0.471. The molecule has 0 saturated carbocycles. The third-order valence-corrected chi connectivity index (χ3v) is 4.20. The largest absolute Gasteiger partial charge is 0.313 e. The zero-order valence-corrected chi connectivity index (χ0v) is 14.0. The van der Waals surface area contributed by atoms with Crippen LogP contribution in [-0.2, 0) is 18.4 Å². The topological polar surface area (TPSA) is 24.9 Å². The van der Waals surface area contributed by atoms with E-state index in [9.17, 15) is 4.39 Å². The summed E-state index contributed by atoms with van der Waals surface area (Å²) < 4.78 is 14.0. The Labute approximate surface area is 130 Å². The van der Waals surface area contributed by atoms with E-state index in [1.807, 2.05) is 12.1 Å². The van der Waals surface area contributed by atoms with Crippen LogP contribution >= 0.6 is 11.3 Å². The lowest BCUT2D eigenvalue weighted by Gasteiger charge is -2.14. The Morgan fingerprint density at radius 1 is 1.29 bits per heavy atom. The number of hydrogen-bond acceptors (Lipinski definition) is 3. The molecule has 0 fully saturated rings. The van der Waals surface area contributed by atoms with Crippen LogP contribution in [0.1, 0.15) is 49.5 Å². The van der Waals surface area contributed by atoms with E-state index in [1.165, 1.54) is 0 Å². The molecular weight excluding hydrogens is 283 g/mol. The molecule has 0 aliphatic heterocycles. The highest BCUT2D eigenvalue weighted by Crippen LogP contribution is 2.25. The maximum Gasteiger partial charge on any atom is 0.126 e. The summed E-state index contributed by atoms with van der Waals surface area (Å²) >= 11 is 1.61. The van der Waals surface area contributed by atoms with E-state index in [4.69, 9.17) is 0 Å². The molecule has 2 aromatic rings. The van der Waals surface area contributed by atoms with Gasteiger partial charge < -0.3 is 5.32 Å². The molecule has 1 aromatic heterocycles. The molecule has 0 saturated heterocycles. The molecule has 0 spiro atoms. The van der Waals surface area contributed by atoms with Crippen molar-refractivity contribution < 1.29 is 4.39 Å². The van der Waals surface area contributed by atoms with Gasteiger partial charge in [-0.05, 0) is 23.7 Å². The van der Waals surface area contributed by atoms with Gasteiger partial charge in [-0.1, -0.05) is 39.8 Å². The van der Waals surface area contributed by atoms with Crippen LogP contribution in [0.5, 0.6) is 0 Å². The molecule has 0 amide bonds. The number of nitrogens with one attached hydrogen (secondary N) is 1. The van der Waals surface area contributed by atoms with Gasteiger partial charge in [0.25, 0.3) is 0 Å². The van der Waals surface area contributed by atoms with Crippen molar-refractivity contribution in [3.8, 4) is 0 Å². The fourth-order valence-corrected chi connectivity index (χ4v) is 3.09. The molecule has 1 heterocycles. The van der Waals surface area contributed by atoms with Gasteiger partial charge in [0, 0.05) is 23.8 Å². The van der Waals surface area contributed by atoms with Gasteiger partial charge in [0.05, 0.1) is 10.7 Å². The Kier molecular flexibility index (Phi) is 5.12. The molecule has 1 aromatic carbocycles. The monoisotopic (exact) mass is 306 g/mol. The normalized spacial score (nSPS) is 11.9. The van der Waals surface area contributed by atoms with Crippen molar-refractivity contribution in [1.82, 2.24) is 10.3 Å². The van der Waals surface area contributed by atoms with Gasteiger partial charge in [-0.3, -0.25) is 0 Å². The zero-order chi connectivity index (χ0) is 15.5. The minimum atomic E-state index is -0.150. The summed E-state index contributed by atoms with van der Waals surface area (Å²) in [7, 11) is 0. The van der Waals surface area contributed by atoms with E-state index in [1.54, 1.807) is 17.4 Å². The highest BCUT2D eigenvalue weighted by atomic mass is 32.1. The standard InChI is InChI=1S/C17H23FN2S/c1-5-19-10-12-6-7-14(18)13(8-12)9-16-20-15(11-21-16)17(2,3)4/h6-8,11,19H,5,9-10H2,1-4H3. The molecule has 1 N–H and O–H groups in total. The van der Waals surface area contributed by atoms with Crippen LogP contribution < -0.4 is 5.32 Å². The first-order valence-corrected chi connectivity index (χ1v) is 8.21. The van der Waals surface area contributed by atoms with E-state index in [0.717, 1.165) is 34.9 Å². The van der Waals surface area contributed by atoms with Gasteiger partial charge >= 0.3 is 0 Å². The van der Waals surface area contributed by atoms with Crippen molar-refractivity contribution in [3.63, 3.8) is 0 Å². The summed E-state index contributed by atoms with van der Waals surface area (Å²) in [5.41, 5.74) is 2.95. The van der Waals surface area contributed by atoms with Gasteiger partial charge in [0.1, 0.15) is 5.82 Å². The van der Waals surface area contributed by atoms with Gasteiger partial charge in [0.2, 0.25) is 0 Å². The number of thiazole rings is 1. The molecule has 0 bridgehead atoms. The highest BCUT2D eigenvalue weighted by molar-refractivity contribution is 7.09. The van der Waals surface area contributed by atoms with E-state index in [-0.39, 0.29) is 11.2 Å². The predicted octanol–water partition coefficient (Wildman–Crippen LogP) is 4.28. The number of aromatic nitrogens is 1. The highest BCUT2D eigenvalue weighted by Gasteiger charge is 2.18. The lowest BCUT2D eigenvalue weighted by Crippen LogP contribution is -2.12. The Hall–Kier alpha value is -1.26. The van der Waals surface area contributed by atoms with Gasteiger partial charge in [-0.2, -0.15) is 0 Å². The lowest BCUT2D eigenvalue weighted by molar-refractivity contribution is 0.570. The summed E-state index contributed by atoms with van der Waals surface area (Å²) in [5.74, 6) is -0.150. The number of halogens is 1. The maximum absolute atomic E-state index is 14.0. The Balaban J connectivity index is 2.16. The van der Waals surface area contributed by atoms with E-state index in [2.05, 4.69) is 43.4 Å². The van der Waals surface area contributed by atoms with Crippen molar-refractivity contribution in [2.75, 3.05) is 6.54 Å². The van der Waals surface area contributed by atoms with Crippen molar-refractivity contribution in [2.45, 2.75) is 46.1 Å². The Morgan fingerprint density at radius 3 is 2.67 bits per heavy atom. The second kappa shape index (κ2) is 6.67. The Morgan fingerprint density at radius 2 is 2.05 bits per heavy atom. The van der Waals surface area contributed by atoms with Crippen molar-refractivity contribution in [3.05, 3.63) is 51.2 Å². The smallest absolute Gasteiger partial charge is 0.126 e. The minimum Gasteiger partial charge on any atom is -0.313 e. The van der Waals surface area contributed by atoms with Crippen molar-refractivity contribution in [1.29, 1.82) is 0 Å². The van der Waals surface area contributed by atoms with Crippen molar-refractivity contribution in [2.24, 2.45) is 0 Å². The van der Waals surface area contributed by atoms with Crippen LogP contribution in [-0.4, -0.2) is 11.5 Å². The van der Waals surface area contributed by atoms with Gasteiger partial charge in [-0.25, -0.2) is 9.37 Å². The number of nitrogens with zero attached hydrogens (tertiary/aromatic N) is 1. The van der Waals surface area contributed by atoms with Crippen LogP contribution in [0.2, 0.25) is 0 Å². The molecular formula is C17H23FN2S. The predicted molar refractivity (Wildman–Crippen MR) is 87.4 cm³/mol. The van der Waals surface area contributed by atoms with Gasteiger partial charge in [0.15, 0.2) is 0 Å². The third-order valence-electron chi connectivity index (χ3n) is 3.35. The first-order chi connectivity index (χ1) is 9.90. The molecule has 114 valence electrons.